The van der Waals surface area contributed by atoms with Gasteiger partial charge in [0, 0.05) is 31.2 Å². The third-order valence-corrected chi connectivity index (χ3v) is 6.23. The average Bonchev–Trinajstić information content (AvgIpc) is 3.06. The molecule has 5 atom stereocenters. The second-order valence-corrected chi connectivity index (χ2v) is 6.83. The van der Waals surface area contributed by atoms with Crippen molar-refractivity contribution in [1.82, 2.24) is 9.80 Å². The second kappa shape index (κ2) is 3.69. The van der Waals surface area contributed by atoms with Crippen LogP contribution in [-0.4, -0.2) is 54.1 Å². The summed E-state index contributed by atoms with van der Waals surface area (Å²) in [7, 11) is 0. The molecule has 0 radical (unpaired) electrons. The summed E-state index contributed by atoms with van der Waals surface area (Å²) in [4.78, 5) is 5.52. The van der Waals surface area contributed by atoms with Gasteiger partial charge in [-0.15, -0.1) is 0 Å². The Kier molecular flexibility index (Phi) is 2.34. The molecule has 96 valence electrons. The first kappa shape index (κ1) is 10.8. The van der Waals surface area contributed by atoms with Crippen molar-refractivity contribution in [2.45, 2.75) is 43.7 Å². The lowest BCUT2D eigenvalue weighted by Gasteiger charge is -2.52. The molecule has 0 spiro atoms. The van der Waals surface area contributed by atoms with E-state index in [0.29, 0.717) is 5.54 Å². The summed E-state index contributed by atoms with van der Waals surface area (Å²) < 4.78 is 0. The van der Waals surface area contributed by atoms with Crippen LogP contribution in [0.4, 0.5) is 0 Å². The van der Waals surface area contributed by atoms with E-state index in [4.69, 9.17) is 5.73 Å². The lowest BCUT2D eigenvalue weighted by Crippen LogP contribution is -2.64. The maximum Gasteiger partial charge on any atom is 0.0387 e. The van der Waals surface area contributed by atoms with Gasteiger partial charge in [-0.25, -0.2) is 0 Å². The van der Waals surface area contributed by atoms with E-state index in [0.717, 1.165) is 24.4 Å². The highest BCUT2D eigenvalue weighted by molar-refractivity contribution is 5.10. The summed E-state index contributed by atoms with van der Waals surface area (Å²) in [6.07, 6.45) is 7.13. The molecule has 0 aromatic rings. The molecule has 17 heavy (non-hydrogen) atoms. The van der Waals surface area contributed by atoms with E-state index in [1.54, 1.807) is 0 Å². The molecule has 5 unspecified atom stereocenters. The number of nitrogens with two attached hydrogens (primary N) is 1. The molecule has 3 saturated heterocycles. The maximum atomic E-state index is 6.27. The smallest absolute Gasteiger partial charge is 0.0387 e. The maximum absolute atomic E-state index is 6.27. The van der Waals surface area contributed by atoms with E-state index in [1.165, 1.54) is 58.3 Å². The molecule has 4 rings (SSSR count). The zero-order chi connectivity index (χ0) is 11.5. The molecule has 0 amide bonds. The predicted molar refractivity (Wildman–Crippen MR) is 68.8 cm³/mol. The van der Waals surface area contributed by atoms with Crippen molar-refractivity contribution in [2.75, 3.05) is 32.7 Å². The topological polar surface area (TPSA) is 32.5 Å². The van der Waals surface area contributed by atoms with Crippen molar-refractivity contribution in [2.24, 2.45) is 17.6 Å². The Balaban J connectivity index is 1.64. The zero-order valence-electron chi connectivity index (χ0n) is 10.8. The Morgan fingerprint density at radius 3 is 2.76 bits per heavy atom. The van der Waals surface area contributed by atoms with Gasteiger partial charge in [-0.1, -0.05) is 0 Å². The summed E-state index contributed by atoms with van der Waals surface area (Å²) in [5.41, 5.74) is 6.66. The Bertz CT molecular complexity index is 319. The number of fused-ring (bicyclic) bond motifs is 4. The number of rotatable bonds is 2. The summed E-state index contributed by atoms with van der Waals surface area (Å²) in [5.74, 6) is 1.86. The molecule has 4 aliphatic rings. The number of nitrogens with zero attached hydrogens (tertiary/aromatic N) is 2. The first-order valence-corrected chi connectivity index (χ1v) is 7.51. The van der Waals surface area contributed by atoms with Gasteiger partial charge in [-0.2, -0.15) is 0 Å². The molecule has 3 aliphatic heterocycles. The highest BCUT2D eigenvalue weighted by atomic mass is 15.3. The van der Waals surface area contributed by atoms with Gasteiger partial charge in [0.2, 0.25) is 0 Å². The summed E-state index contributed by atoms with van der Waals surface area (Å²) in [5, 5.41) is 0. The lowest BCUT2D eigenvalue weighted by molar-refractivity contribution is -0.0127. The van der Waals surface area contributed by atoms with Crippen molar-refractivity contribution >= 4 is 0 Å². The van der Waals surface area contributed by atoms with E-state index in [-0.39, 0.29) is 0 Å². The third-order valence-electron chi connectivity index (χ3n) is 6.23. The summed E-state index contributed by atoms with van der Waals surface area (Å²) in [6, 6.07) is 0.885. The van der Waals surface area contributed by atoms with Crippen LogP contribution in [0.2, 0.25) is 0 Å². The largest absolute Gasteiger partial charge is 0.329 e. The van der Waals surface area contributed by atoms with E-state index in [2.05, 4.69) is 9.80 Å². The Morgan fingerprint density at radius 1 is 1.12 bits per heavy atom. The van der Waals surface area contributed by atoms with Crippen LogP contribution < -0.4 is 5.73 Å². The number of hydrogen-bond donors (Lipinski definition) is 1. The SMILES string of the molecule is NCC1(N2CC3CCC2C3)CCN2CCC1C2. The molecule has 4 fully saturated rings. The van der Waals surface area contributed by atoms with Crippen LogP contribution >= 0.6 is 0 Å². The van der Waals surface area contributed by atoms with Gasteiger partial charge < -0.3 is 10.6 Å². The van der Waals surface area contributed by atoms with Gasteiger partial charge in [0.05, 0.1) is 0 Å². The zero-order valence-corrected chi connectivity index (χ0v) is 10.8. The molecule has 3 heterocycles. The van der Waals surface area contributed by atoms with Crippen LogP contribution in [0.5, 0.6) is 0 Å². The molecule has 1 saturated carbocycles. The number of piperidine rings is 2. The standard InChI is InChI=1S/C14H25N3/c15-10-14(4-6-16-5-3-12(14)9-16)17-8-11-1-2-13(17)7-11/h11-13H,1-10,15H2. The van der Waals surface area contributed by atoms with Gasteiger partial charge in [-0.05, 0) is 57.0 Å². The minimum absolute atomic E-state index is 0.382. The van der Waals surface area contributed by atoms with Gasteiger partial charge >= 0.3 is 0 Å². The summed E-state index contributed by atoms with van der Waals surface area (Å²) in [6.45, 7) is 6.20. The van der Waals surface area contributed by atoms with Crippen LogP contribution in [0, 0.1) is 11.8 Å². The van der Waals surface area contributed by atoms with Gasteiger partial charge in [0.25, 0.3) is 0 Å². The van der Waals surface area contributed by atoms with Crippen LogP contribution in [0.3, 0.4) is 0 Å². The Labute approximate surface area is 104 Å². The molecule has 3 heteroatoms. The van der Waals surface area contributed by atoms with Crippen LogP contribution in [0.25, 0.3) is 0 Å². The number of likely N-dealkylation sites (tertiary alicyclic amines) is 1. The van der Waals surface area contributed by atoms with Crippen molar-refractivity contribution in [1.29, 1.82) is 0 Å². The molecule has 0 aromatic heterocycles. The van der Waals surface area contributed by atoms with Crippen LogP contribution in [-0.2, 0) is 0 Å². The first-order chi connectivity index (χ1) is 8.32. The van der Waals surface area contributed by atoms with E-state index >= 15 is 0 Å². The van der Waals surface area contributed by atoms with E-state index in [1.807, 2.05) is 0 Å². The molecule has 4 bridgehead atoms. The van der Waals surface area contributed by atoms with Crippen molar-refractivity contribution in [3.05, 3.63) is 0 Å². The van der Waals surface area contributed by atoms with Crippen molar-refractivity contribution in [3.8, 4) is 0 Å². The Morgan fingerprint density at radius 2 is 2.06 bits per heavy atom. The first-order valence-electron chi connectivity index (χ1n) is 7.51. The normalized spacial score (nSPS) is 53.5. The van der Waals surface area contributed by atoms with Crippen LogP contribution in [0.1, 0.15) is 32.1 Å². The van der Waals surface area contributed by atoms with E-state index in [9.17, 15) is 0 Å². The predicted octanol–water partition coefficient (Wildman–Crippen LogP) is 0.894. The summed E-state index contributed by atoms with van der Waals surface area (Å²) >= 11 is 0. The minimum atomic E-state index is 0.382. The van der Waals surface area contributed by atoms with Crippen molar-refractivity contribution < 1.29 is 0 Å². The minimum Gasteiger partial charge on any atom is -0.329 e. The quantitative estimate of drug-likeness (QED) is 0.771. The highest BCUT2D eigenvalue weighted by Crippen LogP contribution is 2.47. The fourth-order valence-electron chi connectivity index (χ4n) is 5.26. The monoisotopic (exact) mass is 235 g/mol. The van der Waals surface area contributed by atoms with Gasteiger partial charge in [0.1, 0.15) is 0 Å². The second-order valence-electron chi connectivity index (χ2n) is 6.83. The fourth-order valence-corrected chi connectivity index (χ4v) is 5.26. The molecule has 3 nitrogen and oxygen atoms in total. The Hall–Kier alpha value is -0.120. The lowest BCUT2D eigenvalue weighted by atomic mass is 9.76. The fraction of sp³-hybridized carbons (Fsp3) is 1.00. The van der Waals surface area contributed by atoms with Crippen LogP contribution in [0.15, 0.2) is 0 Å². The highest BCUT2D eigenvalue weighted by Gasteiger charge is 2.54. The third kappa shape index (κ3) is 1.39. The molecular weight excluding hydrogens is 210 g/mol. The van der Waals surface area contributed by atoms with E-state index < -0.39 is 0 Å². The van der Waals surface area contributed by atoms with Crippen molar-refractivity contribution in [3.63, 3.8) is 0 Å². The molecule has 1 aliphatic carbocycles. The van der Waals surface area contributed by atoms with Gasteiger partial charge in [0.15, 0.2) is 0 Å². The molecule has 2 N–H and O–H groups in total. The molecular formula is C14H25N3. The average molecular weight is 235 g/mol. The number of hydrogen-bond acceptors (Lipinski definition) is 3. The van der Waals surface area contributed by atoms with Gasteiger partial charge in [-0.3, -0.25) is 4.90 Å². The molecule has 0 aromatic carbocycles.